The van der Waals surface area contributed by atoms with E-state index in [-0.39, 0.29) is 11.9 Å². The second kappa shape index (κ2) is 8.48. The van der Waals surface area contributed by atoms with Crippen molar-refractivity contribution in [1.29, 1.82) is 0 Å². The number of hydrazine groups is 1. The van der Waals surface area contributed by atoms with Crippen LogP contribution in [0.1, 0.15) is 48.0 Å². The number of carbonyl (C=O) groups is 1. The smallest absolute Gasteiger partial charge is 0.238 e. The first-order valence-corrected chi connectivity index (χ1v) is 6.74. The normalized spacial score (nSPS) is 11.6. The minimum absolute atomic E-state index is 0.205. The molecule has 0 aromatic carbocycles. The SMILES string of the molecule is CCN(CC)N(C(=O)CCNC(C)C)C(C)C. The molecule has 0 rings (SSSR count). The number of amides is 1. The van der Waals surface area contributed by atoms with Gasteiger partial charge in [-0.3, -0.25) is 9.80 Å². The molecule has 17 heavy (non-hydrogen) atoms. The Hall–Kier alpha value is -0.610. The molecule has 0 aromatic rings. The monoisotopic (exact) mass is 243 g/mol. The number of carbonyl (C=O) groups excluding carboxylic acids is 1. The van der Waals surface area contributed by atoms with E-state index < -0.39 is 0 Å². The Morgan fingerprint density at radius 1 is 1.12 bits per heavy atom. The zero-order valence-electron chi connectivity index (χ0n) is 12.3. The van der Waals surface area contributed by atoms with Crippen molar-refractivity contribution < 1.29 is 4.79 Å². The van der Waals surface area contributed by atoms with Gasteiger partial charge in [-0.25, -0.2) is 5.01 Å². The highest BCUT2D eigenvalue weighted by molar-refractivity contribution is 5.76. The van der Waals surface area contributed by atoms with Gasteiger partial charge in [0, 0.05) is 38.1 Å². The molecule has 0 saturated heterocycles. The minimum Gasteiger partial charge on any atom is -0.314 e. The van der Waals surface area contributed by atoms with Crippen LogP contribution in [-0.4, -0.2) is 47.6 Å². The minimum atomic E-state index is 0.205. The summed E-state index contributed by atoms with van der Waals surface area (Å²) in [6, 6.07) is 0.658. The van der Waals surface area contributed by atoms with Crippen molar-refractivity contribution in [2.24, 2.45) is 0 Å². The standard InChI is InChI=1S/C13H29N3O/c1-7-15(8-2)16(12(5)6)13(17)9-10-14-11(3)4/h11-12,14H,7-10H2,1-6H3. The lowest BCUT2D eigenvalue weighted by atomic mass is 10.3. The molecule has 0 heterocycles. The summed E-state index contributed by atoms with van der Waals surface area (Å²) in [5.41, 5.74) is 0. The van der Waals surface area contributed by atoms with Crippen LogP contribution in [0.3, 0.4) is 0 Å². The first-order valence-electron chi connectivity index (χ1n) is 6.74. The lowest BCUT2D eigenvalue weighted by Gasteiger charge is -2.36. The van der Waals surface area contributed by atoms with Crippen LogP contribution in [0.2, 0.25) is 0 Å². The van der Waals surface area contributed by atoms with Crippen molar-refractivity contribution in [2.75, 3.05) is 19.6 Å². The number of hydrogen-bond donors (Lipinski definition) is 1. The summed E-state index contributed by atoms with van der Waals surface area (Å²) in [5, 5.41) is 7.27. The number of rotatable bonds is 8. The Balaban J connectivity index is 4.34. The molecule has 0 aliphatic heterocycles. The van der Waals surface area contributed by atoms with E-state index in [1.165, 1.54) is 0 Å². The molecule has 4 heteroatoms. The number of nitrogens with one attached hydrogen (secondary N) is 1. The van der Waals surface area contributed by atoms with E-state index in [0.717, 1.165) is 19.6 Å². The van der Waals surface area contributed by atoms with Gasteiger partial charge in [-0.2, -0.15) is 0 Å². The summed E-state index contributed by atoms with van der Waals surface area (Å²) < 4.78 is 0. The highest BCUT2D eigenvalue weighted by Crippen LogP contribution is 2.07. The predicted molar refractivity (Wildman–Crippen MR) is 72.7 cm³/mol. The van der Waals surface area contributed by atoms with Gasteiger partial charge in [0.1, 0.15) is 0 Å². The Morgan fingerprint density at radius 3 is 2.00 bits per heavy atom. The Kier molecular flexibility index (Phi) is 8.17. The molecule has 0 aliphatic carbocycles. The average molecular weight is 243 g/mol. The van der Waals surface area contributed by atoms with Crippen LogP contribution in [0.4, 0.5) is 0 Å². The first kappa shape index (κ1) is 16.4. The van der Waals surface area contributed by atoms with E-state index in [1.807, 2.05) is 5.01 Å². The maximum atomic E-state index is 12.2. The fourth-order valence-corrected chi connectivity index (χ4v) is 1.88. The van der Waals surface area contributed by atoms with Crippen LogP contribution in [-0.2, 0) is 4.79 Å². The molecule has 0 radical (unpaired) electrons. The molecule has 1 N–H and O–H groups in total. The zero-order valence-corrected chi connectivity index (χ0v) is 12.3. The van der Waals surface area contributed by atoms with Crippen molar-refractivity contribution in [3.05, 3.63) is 0 Å². The molecular weight excluding hydrogens is 214 g/mol. The second-order valence-corrected chi connectivity index (χ2v) is 4.83. The maximum absolute atomic E-state index is 12.2. The van der Waals surface area contributed by atoms with Gasteiger partial charge in [-0.1, -0.05) is 27.7 Å². The summed E-state index contributed by atoms with van der Waals surface area (Å²) in [6.07, 6.45) is 0.562. The summed E-state index contributed by atoms with van der Waals surface area (Å²) in [6.45, 7) is 15.0. The molecule has 0 fully saturated rings. The highest BCUT2D eigenvalue weighted by atomic mass is 16.2. The van der Waals surface area contributed by atoms with Gasteiger partial charge in [-0.15, -0.1) is 0 Å². The third-order valence-electron chi connectivity index (χ3n) is 2.67. The van der Waals surface area contributed by atoms with Crippen molar-refractivity contribution in [2.45, 2.75) is 60.0 Å². The molecule has 4 nitrogen and oxygen atoms in total. The molecule has 0 bridgehead atoms. The zero-order chi connectivity index (χ0) is 13.4. The molecule has 0 atom stereocenters. The molecule has 0 spiro atoms. The molecule has 0 aromatic heterocycles. The van der Waals surface area contributed by atoms with Gasteiger partial charge in [0.15, 0.2) is 0 Å². The van der Waals surface area contributed by atoms with Gasteiger partial charge in [0.25, 0.3) is 0 Å². The van der Waals surface area contributed by atoms with Crippen molar-refractivity contribution in [3.63, 3.8) is 0 Å². The Bertz CT molecular complexity index is 213. The van der Waals surface area contributed by atoms with Crippen LogP contribution in [0.5, 0.6) is 0 Å². The summed E-state index contributed by atoms with van der Waals surface area (Å²) >= 11 is 0. The predicted octanol–water partition coefficient (Wildman–Crippen LogP) is 1.87. The van der Waals surface area contributed by atoms with E-state index in [4.69, 9.17) is 0 Å². The Morgan fingerprint density at radius 2 is 1.65 bits per heavy atom. The molecule has 102 valence electrons. The lowest BCUT2D eigenvalue weighted by molar-refractivity contribution is -0.153. The van der Waals surface area contributed by atoms with Gasteiger partial charge >= 0.3 is 0 Å². The van der Waals surface area contributed by atoms with Gasteiger partial charge in [0.2, 0.25) is 5.91 Å². The second-order valence-electron chi connectivity index (χ2n) is 4.83. The van der Waals surface area contributed by atoms with Gasteiger partial charge < -0.3 is 5.32 Å². The van der Waals surface area contributed by atoms with Crippen LogP contribution < -0.4 is 5.32 Å². The van der Waals surface area contributed by atoms with Gasteiger partial charge in [0.05, 0.1) is 0 Å². The van der Waals surface area contributed by atoms with Crippen molar-refractivity contribution in [3.8, 4) is 0 Å². The summed E-state index contributed by atoms with van der Waals surface area (Å²) in [5.74, 6) is 0.205. The largest absolute Gasteiger partial charge is 0.314 e. The van der Waals surface area contributed by atoms with E-state index in [9.17, 15) is 4.79 Å². The fourth-order valence-electron chi connectivity index (χ4n) is 1.88. The third kappa shape index (κ3) is 6.03. The number of nitrogens with zero attached hydrogens (tertiary/aromatic N) is 2. The Labute approximate surface area is 106 Å². The third-order valence-corrected chi connectivity index (χ3v) is 2.67. The van der Waals surface area contributed by atoms with E-state index in [2.05, 4.69) is 51.9 Å². The molecular formula is C13H29N3O. The van der Waals surface area contributed by atoms with Crippen LogP contribution in [0.25, 0.3) is 0 Å². The molecule has 1 amide bonds. The van der Waals surface area contributed by atoms with Gasteiger partial charge in [-0.05, 0) is 13.8 Å². The lowest BCUT2D eigenvalue weighted by Crippen LogP contribution is -2.50. The van der Waals surface area contributed by atoms with Crippen LogP contribution >= 0.6 is 0 Å². The van der Waals surface area contributed by atoms with E-state index in [1.54, 1.807) is 0 Å². The van der Waals surface area contributed by atoms with Crippen LogP contribution in [0, 0.1) is 0 Å². The number of hydrogen-bond acceptors (Lipinski definition) is 3. The van der Waals surface area contributed by atoms with Crippen molar-refractivity contribution >= 4 is 5.91 Å². The summed E-state index contributed by atoms with van der Waals surface area (Å²) in [4.78, 5) is 12.2. The molecule has 0 saturated carbocycles. The summed E-state index contributed by atoms with van der Waals surface area (Å²) in [7, 11) is 0. The fraction of sp³-hybridized carbons (Fsp3) is 0.923. The quantitative estimate of drug-likeness (QED) is 0.661. The van der Waals surface area contributed by atoms with E-state index >= 15 is 0 Å². The van der Waals surface area contributed by atoms with E-state index in [0.29, 0.717) is 12.5 Å². The first-order chi connectivity index (χ1) is 7.93. The maximum Gasteiger partial charge on any atom is 0.238 e. The average Bonchev–Trinajstić information content (AvgIpc) is 2.24. The molecule has 0 aliphatic rings. The van der Waals surface area contributed by atoms with Crippen molar-refractivity contribution in [1.82, 2.24) is 15.3 Å². The molecule has 0 unspecified atom stereocenters. The van der Waals surface area contributed by atoms with Crippen LogP contribution in [0.15, 0.2) is 0 Å². The topological polar surface area (TPSA) is 35.6 Å². The highest BCUT2D eigenvalue weighted by Gasteiger charge is 2.21.